The van der Waals surface area contributed by atoms with Gasteiger partial charge in [-0.3, -0.25) is 4.79 Å². The highest BCUT2D eigenvalue weighted by Crippen LogP contribution is 2.24. The van der Waals surface area contributed by atoms with Crippen molar-refractivity contribution in [3.8, 4) is 5.75 Å². The van der Waals surface area contributed by atoms with Crippen molar-refractivity contribution in [2.24, 2.45) is 0 Å². The maximum atomic E-state index is 12.2. The summed E-state index contributed by atoms with van der Waals surface area (Å²) >= 11 is 0. The van der Waals surface area contributed by atoms with Crippen molar-refractivity contribution in [3.63, 3.8) is 0 Å². The van der Waals surface area contributed by atoms with Gasteiger partial charge in [0.2, 0.25) is 0 Å². The van der Waals surface area contributed by atoms with Crippen LogP contribution in [-0.2, 0) is 21.4 Å². The van der Waals surface area contributed by atoms with E-state index in [9.17, 15) is 4.79 Å². The van der Waals surface area contributed by atoms with Crippen molar-refractivity contribution in [2.45, 2.75) is 52.9 Å². The van der Waals surface area contributed by atoms with Gasteiger partial charge in [-0.1, -0.05) is 38.1 Å². The molecule has 1 heterocycles. The van der Waals surface area contributed by atoms with Crippen molar-refractivity contribution < 1.29 is 19.0 Å². The Hall–Kier alpha value is -2.45. The fourth-order valence-electron chi connectivity index (χ4n) is 2.64. The molecule has 1 aromatic carbocycles. The Balaban J connectivity index is 1.76. The Morgan fingerprint density at radius 2 is 1.79 bits per heavy atom. The molecule has 0 aliphatic rings. The largest absolute Gasteiger partial charge is 0.492 e. The van der Waals surface area contributed by atoms with E-state index in [1.54, 1.807) is 6.20 Å². The van der Waals surface area contributed by atoms with Crippen molar-refractivity contribution in [3.05, 3.63) is 41.7 Å². The van der Waals surface area contributed by atoms with E-state index in [4.69, 9.17) is 14.2 Å². The van der Waals surface area contributed by atoms with E-state index in [0.29, 0.717) is 32.9 Å². The molecule has 1 aromatic heterocycles. The molecule has 0 aliphatic carbocycles. The van der Waals surface area contributed by atoms with Gasteiger partial charge in [-0.2, -0.15) is 0 Å². The molecule has 0 saturated carbocycles. The molecular formula is C21H32N4O4. The molecule has 0 saturated heterocycles. The lowest BCUT2D eigenvalue weighted by atomic mass is 9.87. The number of hydrogen-bond acceptors (Lipinski definition) is 6. The lowest BCUT2D eigenvalue weighted by molar-refractivity contribution is -0.145. The van der Waals surface area contributed by atoms with Gasteiger partial charge in [0.15, 0.2) is 12.0 Å². The molecule has 8 heteroatoms. The number of carbonyl (C=O) groups excluding carboxylic acids is 1. The zero-order valence-corrected chi connectivity index (χ0v) is 18.0. The van der Waals surface area contributed by atoms with Gasteiger partial charge in [-0.25, -0.2) is 4.68 Å². The molecule has 160 valence electrons. The van der Waals surface area contributed by atoms with Crippen LogP contribution in [0.5, 0.6) is 5.75 Å². The van der Waals surface area contributed by atoms with Gasteiger partial charge in [0.05, 0.1) is 19.3 Å². The van der Waals surface area contributed by atoms with Crippen LogP contribution in [0, 0.1) is 0 Å². The standard InChI is InChI=1S/C21H32N4O4/c1-6-27-19(28-7-2)15-25-14-18(23-24-25)20(26)22-12-13-29-17-10-8-16(9-11-17)21(3,4)5/h8-11,14,19H,6-7,12-13,15H2,1-5H3,(H,22,26). The summed E-state index contributed by atoms with van der Waals surface area (Å²) in [6.07, 6.45) is 1.16. The minimum absolute atomic E-state index is 0.106. The fraction of sp³-hybridized carbons (Fsp3) is 0.571. The third-order valence-electron chi connectivity index (χ3n) is 4.19. The van der Waals surface area contributed by atoms with E-state index in [0.717, 1.165) is 5.75 Å². The molecular weight excluding hydrogens is 372 g/mol. The molecule has 0 atom stereocenters. The van der Waals surface area contributed by atoms with Crippen LogP contribution in [0.2, 0.25) is 0 Å². The minimum Gasteiger partial charge on any atom is -0.492 e. The van der Waals surface area contributed by atoms with Gasteiger partial charge in [-0.05, 0) is 37.0 Å². The zero-order valence-electron chi connectivity index (χ0n) is 18.0. The molecule has 29 heavy (non-hydrogen) atoms. The number of hydrogen-bond donors (Lipinski definition) is 1. The lowest BCUT2D eigenvalue weighted by Gasteiger charge is -2.19. The average Bonchev–Trinajstić information content (AvgIpc) is 3.14. The summed E-state index contributed by atoms with van der Waals surface area (Å²) < 4.78 is 18.2. The fourth-order valence-corrected chi connectivity index (χ4v) is 2.64. The molecule has 0 fully saturated rings. The number of rotatable bonds is 11. The summed E-state index contributed by atoms with van der Waals surface area (Å²) in [4.78, 5) is 12.2. The number of aromatic nitrogens is 3. The number of nitrogens with zero attached hydrogens (tertiary/aromatic N) is 3. The molecule has 0 radical (unpaired) electrons. The lowest BCUT2D eigenvalue weighted by Crippen LogP contribution is -2.28. The van der Waals surface area contributed by atoms with Crippen LogP contribution in [0.25, 0.3) is 0 Å². The second-order valence-electron chi connectivity index (χ2n) is 7.54. The molecule has 0 bridgehead atoms. The van der Waals surface area contributed by atoms with Gasteiger partial charge in [0, 0.05) is 13.2 Å². The van der Waals surface area contributed by atoms with Gasteiger partial charge in [0.25, 0.3) is 5.91 Å². The summed E-state index contributed by atoms with van der Waals surface area (Å²) in [5.74, 6) is 0.475. The van der Waals surface area contributed by atoms with Crippen molar-refractivity contribution in [1.29, 1.82) is 0 Å². The van der Waals surface area contributed by atoms with E-state index in [2.05, 4.69) is 48.5 Å². The highest BCUT2D eigenvalue weighted by molar-refractivity contribution is 5.91. The van der Waals surface area contributed by atoms with Crippen LogP contribution in [0.15, 0.2) is 30.5 Å². The number of carbonyl (C=O) groups is 1. The van der Waals surface area contributed by atoms with Crippen molar-refractivity contribution in [2.75, 3.05) is 26.4 Å². The quantitative estimate of drug-likeness (QED) is 0.458. The summed E-state index contributed by atoms with van der Waals surface area (Å²) in [6, 6.07) is 8.01. The third kappa shape index (κ3) is 7.47. The van der Waals surface area contributed by atoms with E-state index in [1.807, 2.05) is 26.0 Å². The van der Waals surface area contributed by atoms with E-state index >= 15 is 0 Å². The first-order valence-corrected chi connectivity index (χ1v) is 9.98. The second kappa shape index (κ2) is 10.9. The predicted octanol–water partition coefficient (Wildman–Crippen LogP) is 2.78. The Bertz CT molecular complexity index is 747. The molecule has 1 amide bonds. The van der Waals surface area contributed by atoms with E-state index in [-0.39, 0.29) is 17.0 Å². The molecule has 0 spiro atoms. The second-order valence-corrected chi connectivity index (χ2v) is 7.54. The smallest absolute Gasteiger partial charge is 0.273 e. The van der Waals surface area contributed by atoms with Crippen LogP contribution >= 0.6 is 0 Å². The Labute approximate surface area is 172 Å². The Morgan fingerprint density at radius 3 is 2.38 bits per heavy atom. The molecule has 2 aromatic rings. The summed E-state index contributed by atoms with van der Waals surface area (Å²) in [6.45, 7) is 12.5. The van der Waals surface area contributed by atoms with Crippen LogP contribution in [0.4, 0.5) is 0 Å². The monoisotopic (exact) mass is 404 g/mol. The first-order valence-electron chi connectivity index (χ1n) is 9.98. The summed E-state index contributed by atoms with van der Waals surface area (Å²) in [5.41, 5.74) is 1.60. The molecule has 8 nitrogen and oxygen atoms in total. The number of nitrogens with one attached hydrogen (secondary N) is 1. The highest BCUT2D eigenvalue weighted by atomic mass is 16.7. The van der Waals surface area contributed by atoms with Crippen LogP contribution in [0.1, 0.15) is 50.7 Å². The van der Waals surface area contributed by atoms with Crippen molar-refractivity contribution >= 4 is 5.91 Å². The van der Waals surface area contributed by atoms with Gasteiger partial charge in [0.1, 0.15) is 12.4 Å². The first kappa shape index (κ1) is 22.8. The van der Waals surface area contributed by atoms with Crippen LogP contribution in [-0.4, -0.2) is 53.6 Å². The Morgan fingerprint density at radius 1 is 1.14 bits per heavy atom. The molecule has 1 N–H and O–H groups in total. The predicted molar refractivity (Wildman–Crippen MR) is 110 cm³/mol. The Kier molecular flexibility index (Phi) is 8.60. The van der Waals surface area contributed by atoms with Crippen LogP contribution < -0.4 is 10.1 Å². The van der Waals surface area contributed by atoms with Gasteiger partial charge in [-0.15, -0.1) is 5.10 Å². The van der Waals surface area contributed by atoms with Crippen LogP contribution in [0.3, 0.4) is 0 Å². The van der Waals surface area contributed by atoms with E-state index in [1.165, 1.54) is 10.2 Å². The number of benzene rings is 1. The SMILES string of the molecule is CCOC(Cn1cc(C(=O)NCCOc2ccc(C(C)(C)C)cc2)nn1)OCC. The number of amides is 1. The average molecular weight is 405 g/mol. The van der Waals surface area contributed by atoms with Crippen molar-refractivity contribution in [1.82, 2.24) is 20.3 Å². The zero-order chi connectivity index (χ0) is 21.3. The molecule has 0 aliphatic heterocycles. The normalized spacial score (nSPS) is 11.7. The highest BCUT2D eigenvalue weighted by Gasteiger charge is 2.15. The first-order chi connectivity index (χ1) is 13.8. The topological polar surface area (TPSA) is 87.5 Å². The maximum Gasteiger partial charge on any atom is 0.273 e. The molecule has 0 unspecified atom stereocenters. The minimum atomic E-state index is -0.416. The summed E-state index contributed by atoms with van der Waals surface area (Å²) in [5, 5.41) is 10.6. The summed E-state index contributed by atoms with van der Waals surface area (Å²) in [7, 11) is 0. The van der Waals surface area contributed by atoms with Gasteiger partial charge >= 0.3 is 0 Å². The van der Waals surface area contributed by atoms with Gasteiger partial charge < -0.3 is 19.5 Å². The number of ether oxygens (including phenoxy) is 3. The maximum absolute atomic E-state index is 12.2. The molecule has 2 rings (SSSR count). The third-order valence-corrected chi connectivity index (χ3v) is 4.19. The van der Waals surface area contributed by atoms with E-state index < -0.39 is 6.29 Å².